The number of ether oxygens (including phenoxy) is 1. The lowest BCUT2D eigenvalue weighted by Crippen LogP contribution is -2.18. The zero-order chi connectivity index (χ0) is 12.5. The topological polar surface area (TPSA) is 21.3 Å². The van der Waals surface area contributed by atoms with Gasteiger partial charge in [0.05, 0.1) is 12.8 Å². The number of allylic oxidation sites excluding steroid dienone is 2. The summed E-state index contributed by atoms with van der Waals surface area (Å²) in [5.41, 5.74) is 0.880. The Morgan fingerprint density at radius 1 is 1.33 bits per heavy atom. The van der Waals surface area contributed by atoms with Crippen molar-refractivity contribution in [2.24, 2.45) is 17.8 Å². The summed E-state index contributed by atoms with van der Waals surface area (Å²) in [4.78, 5) is 0. The zero-order valence-corrected chi connectivity index (χ0v) is 10.5. The van der Waals surface area contributed by atoms with Gasteiger partial charge in [-0.1, -0.05) is 12.2 Å². The molecule has 1 saturated carbocycles. The quantitative estimate of drug-likeness (QED) is 0.823. The minimum Gasteiger partial charge on any atom is -0.494 e. The van der Waals surface area contributed by atoms with Gasteiger partial charge in [-0.15, -0.1) is 0 Å². The molecule has 2 aliphatic rings. The molecule has 0 aromatic heterocycles. The van der Waals surface area contributed by atoms with Crippen molar-refractivity contribution >= 4 is 5.69 Å². The van der Waals surface area contributed by atoms with E-state index in [1.165, 1.54) is 25.0 Å². The third-order valence-corrected chi connectivity index (χ3v) is 4.13. The molecule has 0 aliphatic heterocycles. The minimum absolute atomic E-state index is 0.264. The fraction of sp³-hybridized carbons (Fsp3) is 0.467. The molecule has 3 rings (SSSR count). The Morgan fingerprint density at radius 2 is 2.22 bits per heavy atom. The number of rotatable bonds is 4. The van der Waals surface area contributed by atoms with Gasteiger partial charge in [0, 0.05) is 12.6 Å². The maximum Gasteiger partial charge on any atom is 0.144 e. The zero-order valence-electron chi connectivity index (χ0n) is 10.5. The highest BCUT2D eigenvalue weighted by atomic mass is 19.1. The first-order valence-electron chi connectivity index (χ1n) is 6.52. The van der Waals surface area contributed by atoms with E-state index in [0.29, 0.717) is 11.7 Å². The highest BCUT2D eigenvalue weighted by molar-refractivity contribution is 5.56. The Morgan fingerprint density at radius 3 is 2.89 bits per heavy atom. The van der Waals surface area contributed by atoms with Gasteiger partial charge in [-0.05, 0) is 42.7 Å². The number of anilines is 1. The first-order chi connectivity index (χ1) is 8.76. The highest BCUT2D eigenvalue weighted by Crippen LogP contribution is 2.43. The highest BCUT2D eigenvalue weighted by Gasteiger charge is 2.35. The Labute approximate surface area is 107 Å². The summed E-state index contributed by atoms with van der Waals surface area (Å²) < 4.78 is 18.3. The first kappa shape index (κ1) is 11.6. The van der Waals surface area contributed by atoms with Crippen molar-refractivity contribution in [2.75, 3.05) is 19.0 Å². The summed E-state index contributed by atoms with van der Waals surface area (Å²) in [6, 6.07) is 4.63. The van der Waals surface area contributed by atoms with Gasteiger partial charge in [0.25, 0.3) is 0 Å². The second-order valence-electron chi connectivity index (χ2n) is 5.27. The van der Waals surface area contributed by atoms with Gasteiger partial charge >= 0.3 is 0 Å². The maximum absolute atomic E-state index is 13.1. The summed E-state index contributed by atoms with van der Waals surface area (Å²) in [6.07, 6.45) is 7.28. The average Bonchev–Trinajstić information content (AvgIpc) is 2.99. The predicted molar refractivity (Wildman–Crippen MR) is 70.3 cm³/mol. The lowest BCUT2D eigenvalue weighted by atomic mass is 9.93. The second kappa shape index (κ2) is 4.63. The fourth-order valence-corrected chi connectivity index (χ4v) is 3.18. The van der Waals surface area contributed by atoms with Gasteiger partial charge in [-0.25, -0.2) is 4.39 Å². The summed E-state index contributed by atoms with van der Waals surface area (Å²) in [7, 11) is 1.57. The average molecular weight is 247 g/mol. The molecule has 1 aromatic carbocycles. The monoisotopic (exact) mass is 247 g/mol. The van der Waals surface area contributed by atoms with Crippen molar-refractivity contribution < 1.29 is 9.13 Å². The summed E-state index contributed by atoms with van der Waals surface area (Å²) in [5.74, 6) is 2.54. The minimum atomic E-state index is -0.264. The Hall–Kier alpha value is -1.51. The van der Waals surface area contributed by atoms with Crippen LogP contribution in [0.1, 0.15) is 12.8 Å². The predicted octanol–water partition coefficient (Wildman–Crippen LogP) is 3.46. The molecule has 0 spiro atoms. The molecular weight excluding hydrogens is 229 g/mol. The molecule has 0 amide bonds. The van der Waals surface area contributed by atoms with E-state index in [0.717, 1.165) is 24.1 Å². The number of benzene rings is 1. The van der Waals surface area contributed by atoms with Crippen LogP contribution in [0.4, 0.5) is 10.1 Å². The van der Waals surface area contributed by atoms with Crippen LogP contribution in [0.5, 0.6) is 5.75 Å². The van der Waals surface area contributed by atoms with Crippen molar-refractivity contribution in [2.45, 2.75) is 12.8 Å². The first-order valence-corrected chi connectivity index (χ1v) is 6.52. The van der Waals surface area contributed by atoms with Gasteiger partial charge in [0.2, 0.25) is 0 Å². The van der Waals surface area contributed by atoms with Crippen molar-refractivity contribution in [1.29, 1.82) is 0 Å². The van der Waals surface area contributed by atoms with Crippen molar-refractivity contribution in [3.05, 3.63) is 36.2 Å². The maximum atomic E-state index is 13.1. The molecule has 0 radical (unpaired) electrons. The standard InChI is InChI=1S/C15H18FNO/c1-18-15-8-13(16)4-5-14(15)17-9-12-7-10-2-3-11(12)6-10/h2-5,8,10-12,17H,6-7,9H2,1H3. The Kier molecular flexibility index (Phi) is 2.98. The van der Waals surface area contributed by atoms with Crippen LogP contribution in [0.2, 0.25) is 0 Å². The van der Waals surface area contributed by atoms with Crippen molar-refractivity contribution in [1.82, 2.24) is 0 Å². The lowest BCUT2D eigenvalue weighted by molar-refractivity contribution is 0.411. The second-order valence-corrected chi connectivity index (χ2v) is 5.27. The summed E-state index contributed by atoms with van der Waals surface area (Å²) in [6.45, 7) is 0.938. The number of hydrogen-bond donors (Lipinski definition) is 1. The molecule has 2 aliphatic carbocycles. The number of fused-ring (bicyclic) bond motifs is 2. The van der Waals surface area contributed by atoms with E-state index in [1.807, 2.05) is 0 Å². The largest absolute Gasteiger partial charge is 0.494 e. The van der Waals surface area contributed by atoms with Gasteiger partial charge < -0.3 is 10.1 Å². The SMILES string of the molecule is COc1cc(F)ccc1NCC1CC2C=CC1C2. The van der Waals surface area contributed by atoms with E-state index in [4.69, 9.17) is 4.74 Å². The van der Waals surface area contributed by atoms with Gasteiger partial charge in [0.1, 0.15) is 11.6 Å². The Bertz CT molecular complexity index is 472. The van der Waals surface area contributed by atoms with Crippen LogP contribution in [0.15, 0.2) is 30.4 Å². The summed E-state index contributed by atoms with van der Waals surface area (Å²) >= 11 is 0. The van der Waals surface area contributed by atoms with Crippen LogP contribution in [0, 0.1) is 23.6 Å². The van der Waals surface area contributed by atoms with Crippen LogP contribution in [0.3, 0.4) is 0 Å². The van der Waals surface area contributed by atoms with Gasteiger partial charge in [0.15, 0.2) is 0 Å². The van der Waals surface area contributed by atoms with Crippen LogP contribution in [-0.2, 0) is 0 Å². The van der Waals surface area contributed by atoms with Crippen LogP contribution >= 0.6 is 0 Å². The number of nitrogens with one attached hydrogen (secondary N) is 1. The van der Waals surface area contributed by atoms with E-state index in [2.05, 4.69) is 17.5 Å². The molecule has 1 aromatic rings. The van der Waals surface area contributed by atoms with E-state index in [1.54, 1.807) is 13.2 Å². The van der Waals surface area contributed by atoms with E-state index in [9.17, 15) is 4.39 Å². The number of halogens is 1. The summed E-state index contributed by atoms with van der Waals surface area (Å²) in [5, 5.41) is 3.39. The smallest absolute Gasteiger partial charge is 0.144 e. The lowest BCUT2D eigenvalue weighted by Gasteiger charge is -2.20. The van der Waals surface area contributed by atoms with Gasteiger partial charge in [-0.2, -0.15) is 0 Å². The van der Waals surface area contributed by atoms with Gasteiger partial charge in [-0.3, -0.25) is 0 Å². The van der Waals surface area contributed by atoms with Crippen molar-refractivity contribution in [3.8, 4) is 5.75 Å². The van der Waals surface area contributed by atoms with Crippen LogP contribution in [-0.4, -0.2) is 13.7 Å². The molecular formula is C15H18FNO. The molecule has 0 heterocycles. The van der Waals surface area contributed by atoms with E-state index < -0.39 is 0 Å². The number of methoxy groups -OCH3 is 1. The molecule has 2 bridgehead atoms. The number of hydrogen-bond acceptors (Lipinski definition) is 2. The fourth-order valence-electron chi connectivity index (χ4n) is 3.18. The third-order valence-electron chi connectivity index (χ3n) is 4.13. The molecule has 3 atom stereocenters. The molecule has 3 unspecified atom stereocenters. The molecule has 18 heavy (non-hydrogen) atoms. The molecule has 96 valence electrons. The molecule has 1 fully saturated rings. The van der Waals surface area contributed by atoms with E-state index >= 15 is 0 Å². The van der Waals surface area contributed by atoms with Crippen LogP contribution < -0.4 is 10.1 Å². The molecule has 3 heteroatoms. The third kappa shape index (κ3) is 2.09. The van der Waals surface area contributed by atoms with Crippen LogP contribution in [0.25, 0.3) is 0 Å². The molecule has 2 nitrogen and oxygen atoms in total. The van der Waals surface area contributed by atoms with Crippen molar-refractivity contribution in [3.63, 3.8) is 0 Å². The molecule has 0 saturated heterocycles. The normalized spacial score (nSPS) is 28.7. The van der Waals surface area contributed by atoms with E-state index in [-0.39, 0.29) is 5.82 Å². The Balaban J connectivity index is 1.65. The molecule has 1 N–H and O–H groups in total.